The summed E-state index contributed by atoms with van der Waals surface area (Å²) in [5.41, 5.74) is 2.34. The molecule has 4 rings (SSSR count). The lowest BCUT2D eigenvalue weighted by Crippen LogP contribution is -2.42. The Kier molecular flexibility index (Phi) is 4.53. The van der Waals surface area contributed by atoms with Crippen molar-refractivity contribution in [3.05, 3.63) is 41.5 Å². The lowest BCUT2D eigenvalue weighted by Gasteiger charge is -2.31. The van der Waals surface area contributed by atoms with Crippen LogP contribution in [0.25, 0.3) is 0 Å². The van der Waals surface area contributed by atoms with Crippen molar-refractivity contribution in [1.82, 2.24) is 15.0 Å². The van der Waals surface area contributed by atoms with Crippen molar-refractivity contribution in [2.24, 2.45) is 0 Å². The van der Waals surface area contributed by atoms with E-state index in [9.17, 15) is 4.79 Å². The number of hydrogen-bond acceptors (Lipinski definition) is 5. The van der Waals surface area contributed by atoms with E-state index in [1.54, 1.807) is 0 Å². The molecular formula is C19H24N4O2. The average molecular weight is 340 g/mol. The molecule has 1 atom stereocenters. The van der Waals surface area contributed by atoms with E-state index in [-0.39, 0.29) is 11.9 Å². The van der Waals surface area contributed by atoms with Crippen molar-refractivity contribution in [3.63, 3.8) is 0 Å². The number of benzene rings is 1. The molecule has 6 heteroatoms. The van der Waals surface area contributed by atoms with Gasteiger partial charge in [0.2, 0.25) is 11.8 Å². The van der Waals surface area contributed by atoms with Crippen molar-refractivity contribution < 1.29 is 9.32 Å². The number of aromatic nitrogens is 2. The molecule has 0 N–H and O–H groups in total. The zero-order valence-electron chi connectivity index (χ0n) is 14.6. The molecular weight excluding hydrogens is 316 g/mol. The first-order valence-corrected chi connectivity index (χ1v) is 9.21. The third-order valence-electron chi connectivity index (χ3n) is 5.20. The number of rotatable bonds is 4. The molecule has 3 heterocycles. The predicted octanol–water partition coefficient (Wildman–Crippen LogP) is 2.75. The van der Waals surface area contributed by atoms with Gasteiger partial charge in [0.25, 0.3) is 0 Å². The maximum atomic E-state index is 13.0. The molecule has 6 nitrogen and oxygen atoms in total. The molecule has 2 aliphatic heterocycles. The molecule has 0 bridgehead atoms. The monoisotopic (exact) mass is 340 g/mol. The maximum absolute atomic E-state index is 13.0. The molecule has 1 amide bonds. The van der Waals surface area contributed by atoms with Gasteiger partial charge in [-0.15, -0.1) is 0 Å². The van der Waals surface area contributed by atoms with Crippen LogP contribution in [0.2, 0.25) is 0 Å². The summed E-state index contributed by atoms with van der Waals surface area (Å²) >= 11 is 0. The van der Waals surface area contributed by atoms with Crippen LogP contribution < -0.4 is 4.90 Å². The average Bonchev–Trinajstić information content (AvgIpc) is 3.30. The zero-order valence-corrected chi connectivity index (χ0v) is 14.6. The largest absolute Gasteiger partial charge is 0.339 e. The maximum Gasteiger partial charge on any atom is 0.241 e. The number of nitrogens with zero attached hydrogens (tertiary/aromatic N) is 4. The first-order chi connectivity index (χ1) is 12.3. The molecule has 2 aliphatic rings. The van der Waals surface area contributed by atoms with Crippen LogP contribution in [-0.4, -0.2) is 40.6 Å². The van der Waals surface area contributed by atoms with Gasteiger partial charge in [-0.2, -0.15) is 4.98 Å². The molecule has 0 aliphatic carbocycles. The second kappa shape index (κ2) is 6.96. The van der Waals surface area contributed by atoms with Gasteiger partial charge in [0, 0.05) is 18.7 Å². The Morgan fingerprint density at radius 2 is 2.16 bits per heavy atom. The van der Waals surface area contributed by atoms with Gasteiger partial charge in [-0.05, 0) is 43.9 Å². The summed E-state index contributed by atoms with van der Waals surface area (Å²) in [6.45, 7) is 4.12. The highest BCUT2D eigenvalue weighted by Crippen LogP contribution is 2.31. The molecule has 0 saturated carbocycles. The van der Waals surface area contributed by atoms with Crippen molar-refractivity contribution in [2.75, 3.05) is 24.5 Å². The minimum Gasteiger partial charge on any atom is -0.339 e. The van der Waals surface area contributed by atoms with E-state index in [1.165, 1.54) is 5.56 Å². The molecule has 1 fully saturated rings. The molecule has 132 valence electrons. The Hall–Kier alpha value is -2.21. The SMILES string of the molecule is CCc1nc([C@@H]2CCCN2CC(=O)N2CCCc3ccccc32)no1. The van der Waals surface area contributed by atoms with Crippen molar-refractivity contribution in [2.45, 2.75) is 45.1 Å². The Morgan fingerprint density at radius 1 is 1.28 bits per heavy atom. The summed E-state index contributed by atoms with van der Waals surface area (Å²) in [6, 6.07) is 8.33. The standard InChI is InChI=1S/C19H24N4O2/c1-2-17-20-19(21-25-17)16-10-6-11-22(16)13-18(24)23-12-5-8-14-7-3-4-9-15(14)23/h3-4,7,9,16H,2,5-6,8,10-13H2,1H3/t16-/m0/s1. The van der Waals surface area contributed by atoms with E-state index in [1.807, 2.05) is 24.0 Å². The van der Waals surface area contributed by atoms with E-state index in [0.29, 0.717) is 12.4 Å². The number of para-hydroxylation sites is 1. The quantitative estimate of drug-likeness (QED) is 0.856. The molecule has 1 saturated heterocycles. The predicted molar refractivity (Wildman–Crippen MR) is 94.3 cm³/mol. The van der Waals surface area contributed by atoms with Crippen LogP contribution in [0.1, 0.15) is 49.5 Å². The number of fused-ring (bicyclic) bond motifs is 1. The van der Waals surface area contributed by atoms with Gasteiger partial charge in [0.05, 0.1) is 12.6 Å². The summed E-state index contributed by atoms with van der Waals surface area (Å²) in [4.78, 5) is 21.6. The van der Waals surface area contributed by atoms with Gasteiger partial charge in [-0.3, -0.25) is 9.69 Å². The van der Waals surface area contributed by atoms with E-state index in [4.69, 9.17) is 4.52 Å². The summed E-state index contributed by atoms with van der Waals surface area (Å²) in [6.07, 6.45) is 4.85. The van der Waals surface area contributed by atoms with Gasteiger partial charge < -0.3 is 9.42 Å². The number of aryl methyl sites for hydroxylation is 2. The second-order valence-corrected chi connectivity index (χ2v) is 6.81. The molecule has 0 unspecified atom stereocenters. The number of carbonyl (C=O) groups is 1. The second-order valence-electron chi connectivity index (χ2n) is 6.81. The van der Waals surface area contributed by atoms with E-state index in [0.717, 1.165) is 56.7 Å². The van der Waals surface area contributed by atoms with Crippen LogP contribution in [0.5, 0.6) is 0 Å². The highest BCUT2D eigenvalue weighted by Gasteiger charge is 2.33. The fraction of sp³-hybridized carbons (Fsp3) is 0.526. The Morgan fingerprint density at radius 3 is 3.00 bits per heavy atom. The van der Waals surface area contributed by atoms with E-state index >= 15 is 0 Å². The van der Waals surface area contributed by atoms with Crippen LogP contribution in [0, 0.1) is 0 Å². The number of amides is 1. The lowest BCUT2D eigenvalue weighted by atomic mass is 10.0. The third-order valence-corrected chi connectivity index (χ3v) is 5.20. The van der Waals surface area contributed by atoms with E-state index in [2.05, 4.69) is 27.2 Å². The molecule has 2 aromatic rings. The fourth-order valence-electron chi connectivity index (χ4n) is 3.91. The number of likely N-dealkylation sites (tertiary alicyclic amines) is 1. The van der Waals surface area contributed by atoms with Gasteiger partial charge in [-0.25, -0.2) is 0 Å². The number of carbonyl (C=O) groups excluding carboxylic acids is 1. The number of anilines is 1. The van der Waals surface area contributed by atoms with Crippen molar-refractivity contribution in [1.29, 1.82) is 0 Å². The topological polar surface area (TPSA) is 62.5 Å². The Balaban J connectivity index is 1.49. The van der Waals surface area contributed by atoms with Crippen LogP contribution in [-0.2, 0) is 17.6 Å². The summed E-state index contributed by atoms with van der Waals surface area (Å²) in [5.74, 6) is 1.55. The Bertz CT molecular complexity index is 757. The highest BCUT2D eigenvalue weighted by atomic mass is 16.5. The van der Waals surface area contributed by atoms with Gasteiger partial charge in [-0.1, -0.05) is 30.3 Å². The minimum atomic E-state index is 0.0908. The molecule has 0 spiro atoms. The zero-order chi connectivity index (χ0) is 17.2. The van der Waals surface area contributed by atoms with Crippen LogP contribution in [0.4, 0.5) is 5.69 Å². The van der Waals surface area contributed by atoms with Gasteiger partial charge in [0.15, 0.2) is 5.82 Å². The van der Waals surface area contributed by atoms with Gasteiger partial charge in [0.1, 0.15) is 0 Å². The summed E-state index contributed by atoms with van der Waals surface area (Å²) in [7, 11) is 0. The van der Waals surface area contributed by atoms with E-state index < -0.39 is 0 Å². The smallest absolute Gasteiger partial charge is 0.241 e. The summed E-state index contributed by atoms with van der Waals surface area (Å²) < 4.78 is 5.26. The van der Waals surface area contributed by atoms with Gasteiger partial charge >= 0.3 is 0 Å². The minimum absolute atomic E-state index is 0.0908. The highest BCUT2D eigenvalue weighted by molar-refractivity contribution is 5.96. The fourth-order valence-corrected chi connectivity index (χ4v) is 3.91. The molecule has 1 aromatic carbocycles. The van der Waals surface area contributed by atoms with Crippen molar-refractivity contribution >= 4 is 11.6 Å². The lowest BCUT2D eigenvalue weighted by molar-refractivity contribution is -0.120. The normalized spacial score (nSPS) is 20.7. The number of hydrogen-bond donors (Lipinski definition) is 0. The van der Waals surface area contributed by atoms with Crippen molar-refractivity contribution in [3.8, 4) is 0 Å². The summed E-state index contributed by atoms with van der Waals surface area (Å²) in [5, 5.41) is 4.12. The van der Waals surface area contributed by atoms with Crippen LogP contribution in [0.3, 0.4) is 0 Å². The Labute approximate surface area is 147 Å². The first kappa shape index (κ1) is 16.3. The molecule has 0 radical (unpaired) electrons. The third kappa shape index (κ3) is 3.18. The van der Waals surface area contributed by atoms with Crippen LogP contribution >= 0.6 is 0 Å². The molecule has 1 aromatic heterocycles. The molecule has 25 heavy (non-hydrogen) atoms. The first-order valence-electron chi connectivity index (χ1n) is 9.21. The van der Waals surface area contributed by atoms with Crippen LogP contribution in [0.15, 0.2) is 28.8 Å².